The molecule has 0 unspecified atom stereocenters. The molecule has 0 spiro atoms. The van der Waals surface area contributed by atoms with Gasteiger partial charge in [0.25, 0.3) is 5.91 Å². The Kier molecular flexibility index (Phi) is 7.10. The van der Waals surface area contributed by atoms with E-state index in [2.05, 4.69) is 9.88 Å². The molecule has 3 rings (SSSR count). The minimum atomic E-state index is -3.65. The average Bonchev–Trinajstić information content (AvgIpc) is 3.29. The van der Waals surface area contributed by atoms with E-state index in [0.29, 0.717) is 25.2 Å². The van der Waals surface area contributed by atoms with Gasteiger partial charge in [0.1, 0.15) is 0 Å². The molecule has 0 bridgehead atoms. The molecule has 1 aromatic carbocycles. The van der Waals surface area contributed by atoms with Crippen LogP contribution in [0.2, 0.25) is 0 Å². The monoisotopic (exact) mass is 430 g/mol. The van der Waals surface area contributed by atoms with Crippen LogP contribution in [0.25, 0.3) is 0 Å². The predicted octanol–water partition coefficient (Wildman–Crippen LogP) is 2.98. The zero-order valence-electron chi connectivity index (χ0n) is 17.9. The first-order valence-corrected chi connectivity index (χ1v) is 11.9. The summed E-state index contributed by atoms with van der Waals surface area (Å²) in [5.74, 6) is -0.190. The molecule has 0 atom stereocenters. The predicted molar refractivity (Wildman–Crippen MR) is 118 cm³/mol. The maximum Gasteiger partial charge on any atom is 0.256 e. The third-order valence-electron chi connectivity index (χ3n) is 5.50. The molecule has 162 valence electrons. The normalized spacial score (nSPS) is 14.3. The number of anilines is 1. The summed E-state index contributed by atoms with van der Waals surface area (Å²) >= 11 is 0. The van der Waals surface area contributed by atoms with Crippen LogP contribution in [-0.4, -0.2) is 61.7 Å². The number of rotatable bonds is 8. The van der Waals surface area contributed by atoms with Crippen LogP contribution in [-0.2, 0) is 16.6 Å². The van der Waals surface area contributed by atoms with Crippen LogP contribution >= 0.6 is 0 Å². The van der Waals surface area contributed by atoms with Gasteiger partial charge in [-0.2, -0.15) is 4.31 Å². The molecule has 0 saturated carbocycles. The molecule has 8 heteroatoms. The van der Waals surface area contributed by atoms with Gasteiger partial charge in [-0.15, -0.1) is 0 Å². The van der Waals surface area contributed by atoms with E-state index in [0.717, 1.165) is 37.2 Å². The van der Waals surface area contributed by atoms with Gasteiger partial charge in [0.15, 0.2) is 0 Å². The van der Waals surface area contributed by atoms with E-state index in [-0.39, 0.29) is 10.8 Å². The van der Waals surface area contributed by atoms with Crippen molar-refractivity contribution in [3.63, 3.8) is 0 Å². The zero-order valence-corrected chi connectivity index (χ0v) is 18.7. The Labute approximate surface area is 179 Å². The van der Waals surface area contributed by atoms with Crippen molar-refractivity contribution < 1.29 is 13.2 Å². The van der Waals surface area contributed by atoms with Crippen LogP contribution in [0.3, 0.4) is 0 Å². The van der Waals surface area contributed by atoms with Gasteiger partial charge >= 0.3 is 0 Å². The fourth-order valence-electron chi connectivity index (χ4n) is 3.83. The third-order valence-corrected chi connectivity index (χ3v) is 7.55. The number of hydrogen-bond acceptors (Lipinski definition) is 5. The Hall–Kier alpha value is -2.45. The summed E-state index contributed by atoms with van der Waals surface area (Å²) < 4.78 is 27.5. The summed E-state index contributed by atoms with van der Waals surface area (Å²) in [6, 6.07) is 8.70. The van der Waals surface area contributed by atoms with Gasteiger partial charge in [-0.05, 0) is 48.7 Å². The van der Waals surface area contributed by atoms with Crippen molar-refractivity contribution in [1.29, 1.82) is 0 Å². The average molecular weight is 431 g/mol. The van der Waals surface area contributed by atoms with Crippen LogP contribution < -0.4 is 4.90 Å². The van der Waals surface area contributed by atoms with Crippen molar-refractivity contribution in [3.8, 4) is 0 Å². The highest BCUT2D eigenvalue weighted by molar-refractivity contribution is 7.89. The van der Waals surface area contributed by atoms with Crippen molar-refractivity contribution in [2.75, 3.05) is 38.1 Å². The Morgan fingerprint density at radius 3 is 2.30 bits per heavy atom. The summed E-state index contributed by atoms with van der Waals surface area (Å²) in [5, 5.41) is 0. The van der Waals surface area contributed by atoms with E-state index in [1.807, 2.05) is 26.0 Å². The number of nitrogens with zero attached hydrogens (tertiary/aromatic N) is 4. The highest BCUT2D eigenvalue weighted by atomic mass is 32.2. The van der Waals surface area contributed by atoms with Gasteiger partial charge in [0.05, 0.1) is 10.5 Å². The Bertz CT molecular complexity index is 969. The van der Waals surface area contributed by atoms with Gasteiger partial charge in [-0.3, -0.25) is 9.78 Å². The molecule has 2 heterocycles. The van der Waals surface area contributed by atoms with Crippen LogP contribution in [0, 0.1) is 0 Å². The molecule has 1 aliphatic heterocycles. The molecule has 0 aliphatic carbocycles. The number of carbonyl (C=O) groups is 1. The van der Waals surface area contributed by atoms with Crippen molar-refractivity contribution >= 4 is 21.6 Å². The second kappa shape index (κ2) is 9.57. The van der Waals surface area contributed by atoms with E-state index in [4.69, 9.17) is 0 Å². The first-order valence-electron chi connectivity index (χ1n) is 10.4. The minimum Gasteiger partial charge on any atom is -0.371 e. The number of hydrogen-bond donors (Lipinski definition) is 0. The molecular weight excluding hydrogens is 400 g/mol. The lowest BCUT2D eigenvalue weighted by molar-refractivity contribution is 0.0785. The van der Waals surface area contributed by atoms with Crippen LogP contribution in [0.1, 0.15) is 42.6 Å². The van der Waals surface area contributed by atoms with Crippen molar-refractivity contribution in [3.05, 3.63) is 53.9 Å². The van der Waals surface area contributed by atoms with Crippen LogP contribution in [0.4, 0.5) is 5.69 Å². The first kappa shape index (κ1) is 22.2. The lowest BCUT2D eigenvalue weighted by Crippen LogP contribution is -2.32. The molecule has 1 fully saturated rings. The van der Waals surface area contributed by atoms with Crippen LogP contribution in [0.15, 0.2) is 47.6 Å². The highest BCUT2D eigenvalue weighted by Crippen LogP contribution is 2.29. The molecule has 1 amide bonds. The molecule has 0 N–H and O–H groups in total. The molecule has 7 nitrogen and oxygen atoms in total. The number of pyridine rings is 1. The number of carbonyl (C=O) groups excluding carboxylic acids is 1. The quantitative estimate of drug-likeness (QED) is 0.644. The van der Waals surface area contributed by atoms with Gasteiger partial charge < -0.3 is 9.80 Å². The lowest BCUT2D eigenvalue weighted by atomic mass is 10.1. The maximum atomic E-state index is 13.4. The Balaban J connectivity index is 1.99. The summed E-state index contributed by atoms with van der Waals surface area (Å²) in [7, 11) is -1.91. The molecule has 1 saturated heterocycles. The molecule has 1 aliphatic rings. The minimum absolute atomic E-state index is 0.162. The van der Waals surface area contributed by atoms with Crippen LogP contribution in [0.5, 0.6) is 0 Å². The number of amides is 1. The third kappa shape index (κ3) is 4.65. The summed E-state index contributed by atoms with van der Waals surface area (Å²) in [5.41, 5.74) is 2.20. The van der Waals surface area contributed by atoms with Crippen molar-refractivity contribution in [2.24, 2.45) is 0 Å². The standard InChI is InChI=1S/C22H30N4O3S/c1-4-26(5-2)30(28,29)19-8-9-21(25-14-6-7-15-25)20(16-19)22(27)24(3)17-18-10-12-23-13-11-18/h8-13,16H,4-7,14-15,17H2,1-3H3. The number of sulfonamides is 1. The fourth-order valence-corrected chi connectivity index (χ4v) is 5.32. The summed E-state index contributed by atoms with van der Waals surface area (Å²) in [4.78, 5) is 21.4. The maximum absolute atomic E-state index is 13.4. The number of benzene rings is 1. The number of aromatic nitrogens is 1. The zero-order chi connectivity index (χ0) is 21.7. The SMILES string of the molecule is CCN(CC)S(=O)(=O)c1ccc(N2CCCC2)c(C(=O)N(C)Cc2ccncc2)c1. The van der Waals surface area contributed by atoms with Gasteiger partial charge in [0, 0.05) is 57.9 Å². The Morgan fingerprint density at radius 2 is 1.70 bits per heavy atom. The second-order valence-corrected chi connectivity index (χ2v) is 9.42. The van der Waals surface area contributed by atoms with Gasteiger partial charge in [0.2, 0.25) is 10.0 Å². The molecule has 1 aromatic heterocycles. The van der Waals surface area contributed by atoms with Gasteiger partial charge in [-0.1, -0.05) is 13.8 Å². The smallest absolute Gasteiger partial charge is 0.256 e. The van der Waals surface area contributed by atoms with Gasteiger partial charge in [-0.25, -0.2) is 8.42 Å². The molecular formula is C22H30N4O3S. The molecule has 2 aromatic rings. The molecule has 0 radical (unpaired) electrons. The topological polar surface area (TPSA) is 73.8 Å². The van der Waals surface area contributed by atoms with Crippen molar-refractivity contribution in [2.45, 2.75) is 38.1 Å². The summed E-state index contributed by atoms with van der Waals surface area (Å²) in [6.07, 6.45) is 5.53. The van der Waals surface area contributed by atoms with E-state index >= 15 is 0 Å². The van der Waals surface area contributed by atoms with E-state index < -0.39 is 10.0 Å². The Morgan fingerprint density at radius 1 is 1.07 bits per heavy atom. The van der Waals surface area contributed by atoms with E-state index in [1.165, 1.54) is 4.31 Å². The lowest BCUT2D eigenvalue weighted by Gasteiger charge is -2.26. The molecule has 30 heavy (non-hydrogen) atoms. The summed E-state index contributed by atoms with van der Waals surface area (Å²) in [6.45, 7) is 6.57. The van der Waals surface area contributed by atoms with Crippen molar-refractivity contribution in [1.82, 2.24) is 14.2 Å². The largest absolute Gasteiger partial charge is 0.371 e. The second-order valence-electron chi connectivity index (χ2n) is 7.48. The van der Waals surface area contributed by atoms with E-state index in [1.54, 1.807) is 42.5 Å². The first-order chi connectivity index (χ1) is 14.4. The highest BCUT2D eigenvalue weighted by Gasteiger charge is 2.27. The van der Waals surface area contributed by atoms with E-state index in [9.17, 15) is 13.2 Å². The fraction of sp³-hybridized carbons (Fsp3) is 0.455.